The number of ether oxygens (including phenoxy) is 2. The fourth-order valence-corrected chi connectivity index (χ4v) is 2.35. The number of hydrogen-bond donors (Lipinski definition) is 3. The zero-order valence-corrected chi connectivity index (χ0v) is 14.4. The van der Waals surface area contributed by atoms with Crippen LogP contribution in [0.2, 0.25) is 0 Å². The molecule has 3 rings (SSSR count). The zero-order chi connectivity index (χ0) is 18.4. The van der Waals surface area contributed by atoms with E-state index in [1.165, 1.54) is 0 Å². The molecule has 1 aromatic heterocycles. The standard InChI is InChI=1S/C18H19N5O3/c1-25-14-9-8-13(10-15(14)26-2)16-20-17(22-18(24)21-16)23-19-11-12-6-4-3-5-7-12/h3-10,19H,11H2,1-2H3,(H2,20,21,22,23,24). The van der Waals surface area contributed by atoms with Crippen LogP contribution in [0.5, 0.6) is 17.5 Å². The highest BCUT2D eigenvalue weighted by Crippen LogP contribution is 2.31. The number of benzene rings is 2. The van der Waals surface area contributed by atoms with E-state index >= 15 is 0 Å². The van der Waals surface area contributed by atoms with Gasteiger partial charge in [-0.25, -0.2) is 5.43 Å². The third-order valence-electron chi connectivity index (χ3n) is 3.60. The van der Waals surface area contributed by atoms with Gasteiger partial charge in [-0.15, -0.1) is 0 Å². The quantitative estimate of drug-likeness (QED) is 0.557. The first kappa shape index (κ1) is 17.4. The van der Waals surface area contributed by atoms with Crippen molar-refractivity contribution in [1.82, 2.24) is 20.4 Å². The van der Waals surface area contributed by atoms with Crippen LogP contribution in [0, 0.1) is 0 Å². The van der Waals surface area contributed by atoms with Gasteiger partial charge >= 0.3 is 6.01 Å². The lowest BCUT2D eigenvalue weighted by molar-refractivity contribution is 0.355. The minimum atomic E-state index is -0.381. The van der Waals surface area contributed by atoms with Crippen LogP contribution >= 0.6 is 0 Å². The molecular formula is C18H19N5O3. The van der Waals surface area contributed by atoms with Gasteiger partial charge in [-0.05, 0) is 23.8 Å². The van der Waals surface area contributed by atoms with Crippen molar-refractivity contribution in [2.75, 3.05) is 19.6 Å². The molecular weight excluding hydrogens is 334 g/mol. The third kappa shape index (κ3) is 4.17. The summed E-state index contributed by atoms with van der Waals surface area (Å²) < 4.78 is 10.5. The molecule has 1 heterocycles. The van der Waals surface area contributed by atoms with Crippen molar-refractivity contribution in [1.29, 1.82) is 0 Å². The molecule has 134 valence electrons. The Bertz CT molecular complexity index is 874. The zero-order valence-electron chi connectivity index (χ0n) is 14.4. The minimum absolute atomic E-state index is 0.207. The summed E-state index contributed by atoms with van der Waals surface area (Å²) >= 11 is 0. The summed E-state index contributed by atoms with van der Waals surface area (Å²) in [6.07, 6.45) is 0. The second kappa shape index (κ2) is 8.13. The molecule has 0 atom stereocenters. The molecule has 0 saturated heterocycles. The normalized spacial score (nSPS) is 10.4. The number of nitrogens with zero attached hydrogens (tertiary/aromatic N) is 3. The fraction of sp³-hybridized carbons (Fsp3) is 0.167. The molecule has 0 spiro atoms. The maximum Gasteiger partial charge on any atom is 0.319 e. The van der Waals surface area contributed by atoms with E-state index in [0.29, 0.717) is 29.4 Å². The fourth-order valence-electron chi connectivity index (χ4n) is 2.35. The SMILES string of the molecule is COc1ccc(-c2nc(O)nc(NNCc3ccccc3)n2)cc1OC. The van der Waals surface area contributed by atoms with E-state index in [9.17, 15) is 5.11 Å². The highest BCUT2D eigenvalue weighted by atomic mass is 16.5. The second-order valence-electron chi connectivity index (χ2n) is 5.32. The van der Waals surface area contributed by atoms with Crippen LogP contribution in [0.4, 0.5) is 5.95 Å². The summed E-state index contributed by atoms with van der Waals surface area (Å²) in [4.78, 5) is 12.2. The molecule has 8 heteroatoms. The van der Waals surface area contributed by atoms with Gasteiger partial charge in [-0.2, -0.15) is 15.0 Å². The summed E-state index contributed by atoms with van der Waals surface area (Å²) in [5.74, 6) is 1.65. The van der Waals surface area contributed by atoms with Crippen molar-refractivity contribution in [3.8, 4) is 28.9 Å². The highest BCUT2D eigenvalue weighted by Gasteiger charge is 2.11. The van der Waals surface area contributed by atoms with Gasteiger partial charge in [0.05, 0.1) is 14.2 Å². The van der Waals surface area contributed by atoms with Crippen LogP contribution in [0.25, 0.3) is 11.4 Å². The molecule has 0 fully saturated rings. The average Bonchev–Trinajstić information content (AvgIpc) is 2.68. The molecule has 0 unspecified atom stereocenters. The molecule has 26 heavy (non-hydrogen) atoms. The Kier molecular flexibility index (Phi) is 5.45. The Labute approximate surface area is 150 Å². The average molecular weight is 353 g/mol. The third-order valence-corrected chi connectivity index (χ3v) is 3.60. The highest BCUT2D eigenvalue weighted by molar-refractivity contribution is 5.62. The van der Waals surface area contributed by atoms with Crippen LogP contribution in [0.15, 0.2) is 48.5 Å². The lowest BCUT2D eigenvalue weighted by Gasteiger charge is -2.10. The summed E-state index contributed by atoms with van der Waals surface area (Å²) in [6, 6.07) is 14.7. The Balaban J connectivity index is 1.77. The summed E-state index contributed by atoms with van der Waals surface area (Å²) in [5.41, 5.74) is 7.63. The van der Waals surface area contributed by atoms with Gasteiger partial charge in [0.15, 0.2) is 17.3 Å². The number of hydrazine groups is 1. The molecule has 0 aliphatic rings. The maximum atomic E-state index is 9.81. The van der Waals surface area contributed by atoms with Gasteiger partial charge in [0.1, 0.15) is 0 Å². The van der Waals surface area contributed by atoms with Gasteiger partial charge in [-0.1, -0.05) is 30.3 Å². The predicted octanol–water partition coefficient (Wildman–Crippen LogP) is 2.38. The molecule has 0 aliphatic carbocycles. The van der Waals surface area contributed by atoms with Crippen LogP contribution in [0.1, 0.15) is 5.56 Å². The van der Waals surface area contributed by atoms with E-state index in [1.54, 1.807) is 32.4 Å². The number of methoxy groups -OCH3 is 2. The molecule has 0 saturated carbocycles. The first-order chi connectivity index (χ1) is 12.7. The van der Waals surface area contributed by atoms with Crippen LogP contribution in [-0.4, -0.2) is 34.3 Å². The van der Waals surface area contributed by atoms with E-state index in [-0.39, 0.29) is 12.0 Å². The Hall–Kier alpha value is -3.39. The van der Waals surface area contributed by atoms with E-state index in [0.717, 1.165) is 5.56 Å². The van der Waals surface area contributed by atoms with E-state index in [4.69, 9.17) is 9.47 Å². The van der Waals surface area contributed by atoms with Crippen molar-refractivity contribution in [2.24, 2.45) is 0 Å². The monoisotopic (exact) mass is 353 g/mol. The molecule has 3 N–H and O–H groups in total. The summed E-state index contributed by atoms with van der Waals surface area (Å²) in [7, 11) is 3.11. The molecule has 8 nitrogen and oxygen atoms in total. The number of anilines is 1. The molecule has 0 aliphatic heterocycles. The van der Waals surface area contributed by atoms with Crippen LogP contribution in [0.3, 0.4) is 0 Å². The largest absolute Gasteiger partial charge is 0.493 e. The van der Waals surface area contributed by atoms with E-state index in [1.807, 2.05) is 30.3 Å². The molecule has 0 bridgehead atoms. The smallest absolute Gasteiger partial charge is 0.319 e. The Morgan fingerprint density at radius 2 is 1.69 bits per heavy atom. The topological polar surface area (TPSA) is 101 Å². The van der Waals surface area contributed by atoms with Gasteiger partial charge in [-0.3, -0.25) is 5.43 Å². The van der Waals surface area contributed by atoms with Gasteiger partial charge in [0.2, 0.25) is 5.95 Å². The lowest BCUT2D eigenvalue weighted by Crippen LogP contribution is -2.22. The Morgan fingerprint density at radius 1 is 0.923 bits per heavy atom. The second-order valence-corrected chi connectivity index (χ2v) is 5.32. The summed E-state index contributed by atoms with van der Waals surface area (Å²) in [5, 5.41) is 9.81. The molecule has 0 radical (unpaired) electrons. The number of aromatic nitrogens is 3. The molecule has 3 aromatic rings. The van der Waals surface area contributed by atoms with Gasteiger partial charge in [0, 0.05) is 12.1 Å². The number of hydrogen-bond acceptors (Lipinski definition) is 8. The van der Waals surface area contributed by atoms with E-state index < -0.39 is 0 Å². The number of rotatable bonds is 7. The van der Waals surface area contributed by atoms with Crippen molar-refractivity contribution in [3.63, 3.8) is 0 Å². The predicted molar refractivity (Wildman–Crippen MR) is 96.9 cm³/mol. The van der Waals surface area contributed by atoms with Crippen molar-refractivity contribution < 1.29 is 14.6 Å². The molecule has 0 amide bonds. The Morgan fingerprint density at radius 3 is 2.42 bits per heavy atom. The number of nitrogens with one attached hydrogen (secondary N) is 2. The summed E-state index contributed by atoms with van der Waals surface area (Å²) in [6.45, 7) is 0.568. The van der Waals surface area contributed by atoms with Crippen molar-refractivity contribution >= 4 is 5.95 Å². The maximum absolute atomic E-state index is 9.81. The van der Waals surface area contributed by atoms with Crippen LogP contribution in [-0.2, 0) is 6.54 Å². The lowest BCUT2D eigenvalue weighted by atomic mass is 10.2. The van der Waals surface area contributed by atoms with Crippen molar-refractivity contribution in [3.05, 3.63) is 54.1 Å². The van der Waals surface area contributed by atoms with Gasteiger partial charge < -0.3 is 14.6 Å². The van der Waals surface area contributed by atoms with Gasteiger partial charge in [0.25, 0.3) is 0 Å². The molecule has 2 aromatic carbocycles. The first-order valence-electron chi connectivity index (χ1n) is 7.90. The van der Waals surface area contributed by atoms with Crippen molar-refractivity contribution in [2.45, 2.75) is 6.54 Å². The number of aromatic hydroxyl groups is 1. The van der Waals surface area contributed by atoms with E-state index in [2.05, 4.69) is 25.8 Å². The first-order valence-corrected chi connectivity index (χ1v) is 7.90. The van der Waals surface area contributed by atoms with Crippen LogP contribution < -0.4 is 20.3 Å². The minimum Gasteiger partial charge on any atom is -0.493 e.